The van der Waals surface area contributed by atoms with E-state index in [0.29, 0.717) is 0 Å². The van der Waals surface area contributed by atoms with Gasteiger partial charge in [0.05, 0.1) is 5.69 Å². The summed E-state index contributed by atoms with van der Waals surface area (Å²) < 4.78 is 12.6. The van der Waals surface area contributed by atoms with Crippen molar-refractivity contribution in [2.45, 2.75) is 0 Å². The van der Waals surface area contributed by atoms with Gasteiger partial charge in [-0.1, -0.05) is 133 Å². The van der Waals surface area contributed by atoms with Crippen molar-refractivity contribution < 1.29 is 8.83 Å². The Bertz CT molecular complexity index is 3220. The number of nitrogens with zero attached hydrogens (tertiary/aromatic N) is 1. The number of anilines is 3. The molecular formula is C52H33NO2. The molecule has 11 aromatic rings. The van der Waals surface area contributed by atoms with Gasteiger partial charge in [0, 0.05) is 38.5 Å². The van der Waals surface area contributed by atoms with Crippen LogP contribution in [0.3, 0.4) is 0 Å². The van der Waals surface area contributed by atoms with E-state index in [0.717, 1.165) is 88.8 Å². The second-order valence-electron chi connectivity index (χ2n) is 14.1. The van der Waals surface area contributed by atoms with Crippen LogP contribution in [0.5, 0.6) is 0 Å². The second kappa shape index (κ2) is 12.6. The molecule has 2 heterocycles. The molecule has 0 aliphatic heterocycles. The maximum absolute atomic E-state index is 6.36. The molecule has 0 radical (unpaired) electrons. The minimum atomic E-state index is 0.879. The smallest absolute Gasteiger partial charge is 0.136 e. The van der Waals surface area contributed by atoms with Crippen LogP contribution in [-0.4, -0.2) is 0 Å². The zero-order valence-corrected chi connectivity index (χ0v) is 29.8. The number of hydrogen-bond acceptors (Lipinski definition) is 3. The fourth-order valence-electron chi connectivity index (χ4n) is 8.23. The maximum Gasteiger partial charge on any atom is 0.136 e. The first-order valence-corrected chi connectivity index (χ1v) is 18.7. The molecule has 9 aromatic carbocycles. The van der Waals surface area contributed by atoms with Crippen LogP contribution in [0, 0.1) is 0 Å². The van der Waals surface area contributed by atoms with Crippen LogP contribution in [0.15, 0.2) is 209 Å². The van der Waals surface area contributed by atoms with Gasteiger partial charge in [-0.15, -0.1) is 0 Å². The molecule has 0 bridgehead atoms. The molecule has 0 aliphatic rings. The van der Waals surface area contributed by atoms with Gasteiger partial charge >= 0.3 is 0 Å². The first-order valence-electron chi connectivity index (χ1n) is 18.7. The lowest BCUT2D eigenvalue weighted by molar-refractivity contribution is 0.668. The summed E-state index contributed by atoms with van der Waals surface area (Å²) in [5, 5.41) is 6.98. The second-order valence-corrected chi connectivity index (χ2v) is 14.1. The highest BCUT2D eigenvalue weighted by Gasteiger charge is 2.19. The van der Waals surface area contributed by atoms with Gasteiger partial charge < -0.3 is 13.7 Å². The SMILES string of the molecule is c1cc(-c2cccc3ccccc23)cc(N(c2ccc(-c3ccc4c(c3)oc3ccccc34)cc2)c2ccccc2-c2ccc3c(c2)oc2ccccc23)c1. The van der Waals surface area contributed by atoms with Crippen LogP contribution in [0.4, 0.5) is 17.1 Å². The summed E-state index contributed by atoms with van der Waals surface area (Å²) in [5.41, 5.74) is 13.6. The Kier molecular flexibility index (Phi) is 7.17. The van der Waals surface area contributed by atoms with E-state index in [-0.39, 0.29) is 0 Å². The van der Waals surface area contributed by atoms with Crippen LogP contribution in [0.2, 0.25) is 0 Å². The molecule has 0 N–H and O–H groups in total. The van der Waals surface area contributed by atoms with E-state index in [9.17, 15) is 0 Å². The highest BCUT2D eigenvalue weighted by atomic mass is 16.3. The van der Waals surface area contributed by atoms with Crippen LogP contribution in [0.25, 0.3) is 88.0 Å². The number of hydrogen-bond donors (Lipinski definition) is 0. The third kappa shape index (κ3) is 5.28. The summed E-state index contributed by atoms with van der Waals surface area (Å²) in [6.07, 6.45) is 0. The van der Waals surface area contributed by atoms with Gasteiger partial charge in [-0.2, -0.15) is 0 Å². The summed E-state index contributed by atoms with van der Waals surface area (Å²) in [4.78, 5) is 2.37. The van der Waals surface area contributed by atoms with E-state index in [1.165, 1.54) is 16.3 Å². The zero-order valence-electron chi connectivity index (χ0n) is 29.8. The van der Waals surface area contributed by atoms with Crippen molar-refractivity contribution in [3.8, 4) is 33.4 Å². The molecule has 0 atom stereocenters. The molecule has 0 saturated heterocycles. The molecule has 11 rings (SSSR count). The molecule has 0 unspecified atom stereocenters. The molecule has 0 fully saturated rings. The normalized spacial score (nSPS) is 11.6. The number of furan rings is 2. The van der Waals surface area contributed by atoms with Crippen molar-refractivity contribution in [3.63, 3.8) is 0 Å². The average molecular weight is 704 g/mol. The Hall–Kier alpha value is -7.36. The first kappa shape index (κ1) is 31.2. The fourth-order valence-corrected chi connectivity index (χ4v) is 8.23. The summed E-state index contributed by atoms with van der Waals surface area (Å²) in [5.74, 6) is 0. The van der Waals surface area contributed by atoms with Crippen molar-refractivity contribution >= 4 is 71.7 Å². The van der Waals surface area contributed by atoms with Crippen LogP contribution in [0.1, 0.15) is 0 Å². The lowest BCUT2D eigenvalue weighted by Gasteiger charge is -2.28. The summed E-state index contributed by atoms with van der Waals surface area (Å²) in [6, 6.07) is 71.1. The Labute approximate surface area is 317 Å². The van der Waals surface area contributed by atoms with E-state index >= 15 is 0 Å². The monoisotopic (exact) mass is 703 g/mol. The molecule has 0 saturated carbocycles. The lowest BCUT2D eigenvalue weighted by Crippen LogP contribution is -2.11. The van der Waals surface area contributed by atoms with E-state index < -0.39 is 0 Å². The van der Waals surface area contributed by atoms with Gasteiger partial charge in [-0.25, -0.2) is 0 Å². The molecule has 3 nitrogen and oxygen atoms in total. The van der Waals surface area contributed by atoms with Gasteiger partial charge in [-0.05, 0) is 105 Å². The van der Waals surface area contributed by atoms with Gasteiger partial charge in [0.1, 0.15) is 22.3 Å². The molecule has 0 aliphatic carbocycles. The number of para-hydroxylation sites is 3. The van der Waals surface area contributed by atoms with Crippen molar-refractivity contribution in [1.29, 1.82) is 0 Å². The maximum atomic E-state index is 6.36. The molecule has 0 spiro atoms. The van der Waals surface area contributed by atoms with E-state index in [4.69, 9.17) is 8.83 Å². The van der Waals surface area contributed by atoms with E-state index in [1.54, 1.807) is 0 Å². The lowest BCUT2D eigenvalue weighted by atomic mass is 9.97. The molecule has 258 valence electrons. The standard InChI is InChI=1S/C52H33NO2/c1-2-15-41-35(11-1)12-10-19-42(41)37-13-9-14-40(31-37)53(39-27-23-34(24-28-39)36-25-29-46-44-17-4-7-21-49(44)54-51(46)32-36)48-20-6-3-16-43(48)38-26-30-47-45-18-5-8-22-50(45)55-52(47)33-38/h1-33H. The minimum absolute atomic E-state index is 0.879. The highest BCUT2D eigenvalue weighted by molar-refractivity contribution is 6.07. The van der Waals surface area contributed by atoms with Crippen LogP contribution < -0.4 is 4.90 Å². The summed E-state index contributed by atoms with van der Waals surface area (Å²) in [6.45, 7) is 0. The summed E-state index contributed by atoms with van der Waals surface area (Å²) in [7, 11) is 0. The average Bonchev–Trinajstić information content (AvgIpc) is 3.82. The summed E-state index contributed by atoms with van der Waals surface area (Å²) >= 11 is 0. The fraction of sp³-hybridized carbons (Fsp3) is 0. The molecule has 0 amide bonds. The third-order valence-electron chi connectivity index (χ3n) is 10.9. The Balaban J connectivity index is 1.06. The topological polar surface area (TPSA) is 29.5 Å². The van der Waals surface area contributed by atoms with E-state index in [2.05, 4.69) is 181 Å². The van der Waals surface area contributed by atoms with Gasteiger partial charge in [0.2, 0.25) is 0 Å². The Morgan fingerprint density at radius 1 is 0.291 bits per heavy atom. The Morgan fingerprint density at radius 3 is 1.58 bits per heavy atom. The van der Waals surface area contributed by atoms with Crippen molar-refractivity contribution in [1.82, 2.24) is 0 Å². The zero-order chi connectivity index (χ0) is 36.3. The van der Waals surface area contributed by atoms with Gasteiger partial charge in [-0.3, -0.25) is 0 Å². The first-order chi connectivity index (χ1) is 27.2. The molecular weight excluding hydrogens is 671 g/mol. The molecule has 3 heteroatoms. The van der Waals surface area contributed by atoms with Crippen molar-refractivity contribution in [2.24, 2.45) is 0 Å². The molecule has 55 heavy (non-hydrogen) atoms. The minimum Gasteiger partial charge on any atom is -0.456 e. The quantitative estimate of drug-likeness (QED) is 0.173. The number of benzene rings is 9. The third-order valence-corrected chi connectivity index (χ3v) is 10.9. The number of rotatable bonds is 6. The van der Waals surface area contributed by atoms with Crippen molar-refractivity contribution in [3.05, 3.63) is 200 Å². The van der Waals surface area contributed by atoms with Crippen LogP contribution in [-0.2, 0) is 0 Å². The Morgan fingerprint density at radius 2 is 0.818 bits per heavy atom. The predicted molar refractivity (Wildman–Crippen MR) is 229 cm³/mol. The largest absolute Gasteiger partial charge is 0.456 e. The van der Waals surface area contributed by atoms with Crippen molar-refractivity contribution in [2.75, 3.05) is 4.90 Å². The predicted octanol–water partition coefficient (Wildman–Crippen LogP) is 15.1. The molecule has 2 aromatic heterocycles. The van der Waals surface area contributed by atoms with Gasteiger partial charge in [0.15, 0.2) is 0 Å². The van der Waals surface area contributed by atoms with Gasteiger partial charge in [0.25, 0.3) is 0 Å². The number of fused-ring (bicyclic) bond motifs is 7. The van der Waals surface area contributed by atoms with E-state index in [1.807, 2.05) is 24.3 Å². The highest BCUT2D eigenvalue weighted by Crippen LogP contribution is 2.44. The van der Waals surface area contributed by atoms with Crippen LogP contribution >= 0.6 is 0 Å².